The van der Waals surface area contributed by atoms with Gasteiger partial charge in [0, 0.05) is 26.2 Å². The Morgan fingerprint density at radius 2 is 1.83 bits per heavy atom. The van der Waals surface area contributed by atoms with Crippen LogP contribution in [0.1, 0.15) is 25.7 Å². The van der Waals surface area contributed by atoms with Crippen molar-refractivity contribution in [2.45, 2.75) is 6.42 Å². The maximum atomic E-state index is 12.2. The Bertz CT molecular complexity index is 834. The number of thiophene rings is 1. The monoisotopic (exact) mass is 382 g/mol. The van der Waals surface area contributed by atoms with Crippen LogP contribution in [0.25, 0.3) is 6.08 Å². The van der Waals surface area contributed by atoms with Crippen LogP contribution in [0, 0.1) is 0 Å². The number of halogens is 1. The van der Waals surface area contributed by atoms with Crippen molar-refractivity contribution in [1.82, 2.24) is 0 Å². The van der Waals surface area contributed by atoms with Crippen LogP contribution >= 0.6 is 27.3 Å². The summed E-state index contributed by atoms with van der Waals surface area (Å²) in [5.74, 6) is 0.0179. The largest absolute Gasteiger partial charge is 0.289 e. The first kappa shape index (κ1) is 15.9. The molecule has 0 aliphatic rings. The molecule has 1 heterocycles. The van der Waals surface area contributed by atoms with Crippen molar-refractivity contribution >= 4 is 39.1 Å². The van der Waals surface area contributed by atoms with Gasteiger partial charge in [0.1, 0.15) is 0 Å². The molecule has 0 N–H and O–H groups in total. The summed E-state index contributed by atoms with van der Waals surface area (Å²) in [7, 11) is 0. The molecule has 0 unspecified atom stereocenters. The fourth-order valence-corrected chi connectivity index (χ4v) is 3.62. The summed E-state index contributed by atoms with van der Waals surface area (Å²) < 4.78 is 0.915. The van der Waals surface area contributed by atoms with E-state index in [-0.39, 0.29) is 5.78 Å². The van der Waals surface area contributed by atoms with Crippen LogP contribution < -0.4 is 0 Å². The summed E-state index contributed by atoms with van der Waals surface area (Å²) in [5.41, 5.74) is 1.99. The van der Waals surface area contributed by atoms with Gasteiger partial charge in [-0.1, -0.05) is 58.4 Å². The van der Waals surface area contributed by atoms with Gasteiger partial charge in [0.25, 0.3) is 0 Å². The molecule has 3 heteroatoms. The van der Waals surface area contributed by atoms with Crippen molar-refractivity contribution in [3.05, 3.63) is 98.2 Å². The van der Waals surface area contributed by atoms with Gasteiger partial charge in [0.2, 0.25) is 0 Å². The van der Waals surface area contributed by atoms with Crippen LogP contribution in [0.5, 0.6) is 0 Å². The maximum absolute atomic E-state index is 12.2. The highest BCUT2D eigenvalue weighted by Crippen LogP contribution is 2.21. The molecule has 3 aromatic rings. The molecular formula is C20H15BrOS. The zero-order valence-electron chi connectivity index (χ0n) is 12.4. The predicted molar refractivity (Wildman–Crippen MR) is 101 cm³/mol. The van der Waals surface area contributed by atoms with Gasteiger partial charge in [-0.15, -0.1) is 11.3 Å². The molecule has 0 radical (unpaired) electrons. The third kappa shape index (κ3) is 4.50. The number of ketones is 1. The summed E-state index contributed by atoms with van der Waals surface area (Å²) in [6.45, 7) is 0. The fraction of sp³-hybridized carbons (Fsp3) is 0.0500. The third-order valence-corrected chi connectivity index (χ3v) is 4.96. The molecule has 1 aromatic heterocycles. The molecule has 0 spiro atoms. The zero-order valence-corrected chi connectivity index (χ0v) is 14.8. The van der Waals surface area contributed by atoms with E-state index in [1.54, 1.807) is 17.4 Å². The molecule has 0 fully saturated rings. The topological polar surface area (TPSA) is 17.1 Å². The van der Waals surface area contributed by atoms with Gasteiger partial charge in [0.15, 0.2) is 5.78 Å². The molecule has 2 aromatic carbocycles. The van der Waals surface area contributed by atoms with Crippen LogP contribution in [0.2, 0.25) is 0 Å². The standard InChI is InChI=1S/C20H15BrOS/c21-17-8-4-7-16(14-17)20(22)12-11-18-9-10-19(23-18)13-15-5-2-1-3-6-15/h1-12,14H,13H2/b12-11+. The lowest BCUT2D eigenvalue weighted by atomic mass is 10.1. The number of hydrogen-bond acceptors (Lipinski definition) is 2. The third-order valence-electron chi connectivity index (χ3n) is 3.41. The highest BCUT2D eigenvalue weighted by Gasteiger charge is 2.03. The average Bonchev–Trinajstić information content (AvgIpc) is 3.01. The van der Waals surface area contributed by atoms with E-state index >= 15 is 0 Å². The van der Waals surface area contributed by atoms with Crippen LogP contribution in [-0.4, -0.2) is 5.78 Å². The summed E-state index contributed by atoms with van der Waals surface area (Å²) in [5, 5.41) is 0. The van der Waals surface area contributed by atoms with E-state index in [1.165, 1.54) is 10.4 Å². The van der Waals surface area contributed by atoms with Gasteiger partial charge in [-0.05, 0) is 42.0 Å². The highest BCUT2D eigenvalue weighted by atomic mass is 79.9. The van der Waals surface area contributed by atoms with E-state index in [0.717, 1.165) is 15.8 Å². The van der Waals surface area contributed by atoms with E-state index in [1.807, 2.05) is 36.4 Å². The van der Waals surface area contributed by atoms with Crippen molar-refractivity contribution < 1.29 is 4.79 Å². The minimum absolute atomic E-state index is 0.0179. The van der Waals surface area contributed by atoms with Crippen LogP contribution in [0.4, 0.5) is 0 Å². The van der Waals surface area contributed by atoms with E-state index in [9.17, 15) is 4.79 Å². The summed E-state index contributed by atoms with van der Waals surface area (Å²) >= 11 is 5.11. The Hall–Kier alpha value is -1.97. The first-order valence-electron chi connectivity index (χ1n) is 7.31. The Morgan fingerprint density at radius 3 is 2.61 bits per heavy atom. The molecule has 0 amide bonds. The van der Waals surface area contributed by atoms with Gasteiger partial charge < -0.3 is 0 Å². The van der Waals surface area contributed by atoms with Crippen molar-refractivity contribution in [3.8, 4) is 0 Å². The van der Waals surface area contributed by atoms with E-state index < -0.39 is 0 Å². The van der Waals surface area contributed by atoms with Crippen molar-refractivity contribution in [3.63, 3.8) is 0 Å². The van der Waals surface area contributed by atoms with E-state index in [0.29, 0.717) is 5.56 Å². The molecule has 23 heavy (non-hydrogen) atoms. The van der Waals surface area contributed by atoms with Crippen LogP contribution in [0.3, 0.4) is 0 Å². The van der Waals surface area contributed by atoms with Crippen molar-refractivity contribution in [1.29, 1.82) is 0 Å². The van der Waals surface area contributed by atoms with E-state index in [4.69, 9.17) is 0 Å². The maximum Gasteiger partial charge on any atom is 0.185 e. The van der Waals surface area contributed by atoms with Gasteiger partial charge in [-0.25, -0.2) is 0 Å². The Balaban J connectivity index is 1.68. The molecule has 3 rings (SSSR count). The number of allylic oxidation sites excluding steroid dienone is 1. The number of carbonyl (C=O) groups excluding carboxylic acids is 1. The molecule has 1 nitrogen and oxygen atoms in total. The lowest BCUT2D eigenvalue weighted by Gasteiger charge is -1.97. The second-order valence-corrected chi connectivity index (χ2v) is 7.29. The Kier molecular flexibility index (Phi) is 5.21. The highest BCUT2D eigenvalue weighted by molar-refractivity contribution is 9.10. The van der Waals surface area contributed by atoms with Crippen LogP contribution in [-0.2, 0) is 6.42 Å². The second kappa shape index (κ2) is 7.53. The fourth-order valence-electron chi connectivity index (χ4n) is 2.27. The average molecular weight is 383 g/mol. The smallest absolute Gasteiger partial charge is 0.185 e. The molecule has 0 aliphatic heterocycles. The molecular weight excluding hydrogens is 368 g/mol. The normalized spacial score (nSPS) is 11.0. The summed E-state index contributed by atoms with van der Waals surface area (Å²) in [4.78, 5) is 14.6. The minimum atomic E-state index is 0.0179. The minimum Gasteiger partial charge on any atom is -0.289 e. The predicted octanol–water partition coefficient (Wildman–Crippen LogP) is 6.00. The van der Waals surface area contributed by atoms with Gasteiger partial charge in [0.05, 0.1) is 0 Å². The molecule has 0 saturated heterocycles. The lowest BCUT2D eigenvalue weighted by Crippen LogP contribution is -1.93. The first-order valence-corrected chi connectivity index (χ1v) is 8.92. The lowest BCUT2D eigenvalue weighted by molar-refractivity contribution is 0.104. The number of benzene rings is 2. The quantitative estimate of drug-likeness (QED) is 0.390. The summed E-state index contributed by atoms with van der Waals surface area (Å²) in [6.07, 6.45) is 4.46. The number of hydrogen-bond donors (Lipinski definition) is 0. The first-order chi connectivity index (χ1) is 11.2. The second-order valence-electron chi connectivity index (χ2n) is 5.17. The van der Waals surface area contributed by atoms with E-state index in [2.05, 4.69) is 52.3 Å². The van der Waals surface area contributed by atoms with Crippen molar-refractivity contribution in [2.24, 2.45) is 0 Å². The summed E-state index contributed by atoms with van der Waals surface area (Å²) in [6, 6.07) is 22.0. The van der Waals surface area contributed by atoms with Gasteiger partial charge in [-0.3, -0.25) is 4.79 Å². The SMILES string of the molecule is O=C(/C=C/c1ccc(Cc2ccccc2)s1)c1cccc(Br)c1. The number of carbonyl (C=O) groups is 1. The Labute approximate surface area is 148 Å². The zero-order chi connectivity index (χ0) is 16.1. The van der Waals surface area contributed by atoms with Gasteiger partial charge >= 0.3 is 0 Å². The Morgan fingerprint density at radius 1 is 1.00 bits per heavy atom. The number of rotatable bonds is 5. The molecule has 114 valence electrons. The molecule has 0 saturated carbocycles. The van der Waals surface area contributed by atoms with Gasteiger partial charge in [-0.2, -0.15) is 0 Å². The molecule has 0 atom stereocenters. The molecule has 0 aliphatic carbocycles. The van der Waals surface area contributed by atoms with Crippen LogP contribution in [0.15, 0.2) is 77.3 Å². The molecule has 0 bridgehead atoms. The van der Waals surface area contributed by atoms with Crippen molar-refractivity contribution in [2.75, 3.05) is 0 Å².